The summed E-state index contributed by atoms with van der Waals surface area (Å²) in [4.78, 5) is 16.1. The van der Waals surface area contributed by atoms with Gasteiger partial charge in [-0.05, 0) is 35.8 Å². The predicted molar refractivity (Wildman–Crippen MR) is 106 cm³/mol. The van der Waals surface area contributed by atoms with Crippen LogP contribution in [0.1, 0.15) is 23.3 Å². The van der Waals surface area contributed by atoms with Gasteiger partial charge in [0.05, 0.1) is 10.9 Å². The van der Waals surface area contributed by atoms with Crippen molar-refractivity contribution in [3.05, 3.63) is 65.9 Å². The van der Waals surface area contributed by atoms with E-state index in [0.717, 1.165) is 22.8 Å². The molecule has 2 aromatic carbocycles. The summed E-state index contributed by atoms with van der Waals surface area (Å²) < 4.78 is 5.47. The number of thioether (sulfide) groups is 1. The molecule has 0 aliphatic carbocycles. The Balaban J connectivity index is 1.74. The Morgan fingerprint density at radius 1 is 1.23 bits per heavy atom. The van der Waals surface area contributed by atoms with Gasteiger partial charge < -0.3 is 15.4 Å². The van der Waals surface area contributed by atoms with Gasteiger partial charge in [-0.3, -0.25) is 9.79 Å². The monoisotopic (exact) mass is 365 g/mol. The van der Waals surface area contributed by atoms with E-state index in [0.29, 0.717) is 11.4 Å². The predicted octanol–water partition coefficient (Wildman–Crippen LogP) is 3.81. The molecule has 0 saturated carbocycles. The quantitative estimate of drug-likeness (QED) is 0.868. The molecule has 1 atom stereocenters. The molecule has 1 amide bonds. The van der Waals surface area contributed by atoms with E-state index in [1.165, 1.54) is 5.56 Å². The van der Waals surface area contributed by atoms with Crippen LogP contribution in [0.3, 0.4) is 0 Å². The number of aliphatic imine (C=N–C) groups is 1. The highest BCUT2D eigenvalue weighted by molar-refractivity contribution is 8.14. The average Bonchev–Trinajstić information content (AvgIpc) is 2.68. The van der Waals surface area contributed by atoms with Crippen LogP contribution in [0.25, 0.3) is 5.57 Å². The number of rotatable bonds is 3. The lowest BCUT2D eigenvalue weighted by Gasteiger charge is -2.27. The first-order valence-corrected chi connectivity index (χ1v) is 9.42. The summed E-state index contributed by atoms with van der Waals surface area (Å²) >= 11 is 1.70. The van der Waals surface area contributed by atoms with Gasteiger partial charge in [-0.15, -0.1) is 0 Å². The Morgan fingerprint density at radius 3 is 2.88 bits per heavy atom. The van der Waals surface area contributed by atoms with Gasteiger partial charge in [-0.25, -0.2) is 0 Å². The van der Waals surface area contributed by atoms with E-state index in [-0.39, 0.29) is 17.8 Å². The number of hydrogen-bond donors (Lipinski definition) is 2. The molecule has 2 N–H and O–H groups in total. The number of nitrogens with zero attached hydrogens (tertiary/aromatic N) is 1. The van der Waals surface area contributed by atoms with Crippen LogP contribution in [0, 0.1) is 0 Å². The van der Waals surface area contributed by atoms with E-state index < -0.39 is 0 Å². The molecule has 26 heavy (non-hydrogen) atoms. The molecule has 1 unspecified atom stereocenters. The zero-order valence-corrected chi connectivity index (χ0v) is 15.2. The summed E-state index contributed by atoms with van der Waals surface area (Å²) in [6, 6.07) is 16.3. The molecular weight excluding hydrogens is 346 g/mol. The molecule has 5 nitrogen and oxygen atoms in total. The van der Waals surface area contributed by atoms with Gasteiger partial charge in [-0.2, -0.15) is 0 Å². The smallest absolute Gasteiger partial charge is 0.262 e. The molecule has 2 aliphatic rings. The van der Waals surface area contributed by atoms with Crippen LogP contribution in [-0.4, -0.2) is 24.2 Å². The van der Waals surface area contributed by atoms with Gasteiger partial charge in [0, 0.05) is 12.7 Å². The fourth-order valence-corrected chi connectivity index (χ4v) is 4.20. The number of amidine groups is 1. The number of ether oxygens (including phenoxy) is 1. The maximum absolute atomic E-state index is 11.6. The number of hydrogen-bond acceptors (Lipinski definition) is 4. The first kappa shape index (κ1) is 16.7. The lowest BCUT2D eigenvalue weighted by molar-refractivity contribution is -0.118. The van der Waals surface area contributed by atoms with E-state index in [9.17, 15) is 4.79 Å². The van der Waals surface area contributed by atoms with Gasteiger partial charge in [0.1, 0.15) is 5.75 Å². The molecule has 0 radical (unpaired) electrons. The summed E-state index contributed by atoms with van der Waals surface area (Å²) in [7, 11) is 0. The molecule has 0 aromatic heterocycles. The van der Waals surface area contributed by atoms with Gasteiger partial charge in [-0.1, -0.05) is 48.2 Å². The van der Waals surface area contributed by atoms with Crippen molar-refractivity contribution < 1.29 is 9.53 Å². The second kappa shape index (κ2) is 7.25. The van der Waals surface area contributed by atoms with E-state index >= 15 is 0 Å². The fourth-order valence-electron chi connectivity index (χ4n) is 3.02. The molecule has 4 rings (SSSR count). The Kier molecular flexibility index (Phi) is 4.67. The highest BCUT2D eigenvalue weighted by atomic mass is 32.2. The summed E-state index contributed by atoms with van der Waals surface area (Å²) in [6.45, 7) is 2.83. The van der Waals surface area contributed by atoms with Crippen LogP contribution in [0.4, 0.5) is 5.69 Å². The maximum Gasteiger partial charge on any atom is 0.262 e. The minimum atomic E-state index is -0.128. The summed E-state index contributed by atoms with van der Waals surface area (Å²) in [6.07, 6.45) is 2.01. The number of fused-ring (bicyclic) bond motifs is 1. The van der Waals surface area contributed by atoms with Crippen LogP contribution in [0.5, 0.6) is 5.75 Å². The summed E-state index contributed by atoms with van der Waals surface area (Å²) in [5, 5.41) is 7.21. The van der Waals surface area contributed by atoms with Crippen LogP contribution >= 0.6 is 11.8 Å². The third-order valence-electron chi connectivity index (χ3n) is 4.21. The van der Waals surface area contributed by atoms with Crippen molar-refractivity contribution in [3.8, 4) is 5.75 Å². The zero-order chi connectivity index (χ0) is 17.9. The third-order valence-corrected chi connectivity index (χ3v) is 5.44. The van der Waals surface area contributed by atoms with Crippen molar-refractivity contribution in [1.82, 2.24) is 5.32 Å². The highest BCUT2D eigenvalue weighted by Gasteiger charge is 2.26. The maximum atomic E-state index is 11.6. The van der Waals surface area contributed by atoms with Gasteiger partial charge in [0.25, 0.3) is 5.91 Å². The van der Waals surface area contributed by atoms with Crippen molar-refractivity contribution in [2.45, 2.75) is 12.2 Å². The summed E-state index contributed by atoms with van der Waals surface area (Å²) in [5.41, 5.74) is 4.11. The number of amides is 1. The molecule has 0 saturated heterocycles. The molecule has 2 aromatic rings. The SMILES string of the molecule is CCN=C1NC=C(c2ccc3c(c2)NC(=O)CO3)C(c2ccccc2)S1. The van der Waals surface area contributed by atoms with Gasteiger partial charge >= 0.3 is 0 Å². The largest absolute Gasteiger partial charge is 0.482 e. The zero-order valence-electron chi connectivity index (χ0n) is 14.4. The van der Waals surface area contributed by atoms with E-state index in [1.807, 2.05) is 49.5 Å². The number of benzene rings is 2. The molecule has 0 fully saturated rings. The fraction of sp³-hybridized carbons (Fsp3) is 0.200. The normalized spacial score (nSPS) is 20.5. The molecule has 2 heterocycles. The van der Waals surface area contributed by atoms with Gasteiger partial charge in [0.15, 0.2) is 11.8 Å². The first-order chi connectivity index (χ1) is 12.7. The summed E-state index contributed by atoms with van der Waals surface area (Å²) in [5.74, 6) is 0.576. The second-order valence-corrected chi connectivity index (χ2v) is 7.07. The second-order valence-electron chi connectivity index (χ2n) is 5.98. The van der Waals surface area contributed by atoms with E-state index in [1.54, 1.807) is 11.8 Å². The van der Waals surface area contributed by atoms with Crippen molar-refractivity contribution >= 4 is 34.1 Å². The van der Waals surface area contributed by atoms with E-state index in [4.69, 9.17) is 4.74 Å². The number of carbonyl (C=O) groups is 1. The third kappa shape index (κ3) is 3.32. The van der Waals surface area contributed by atoms with Crippen LogP contribution < -0.4 is 15.4 Å². The van der Waals surface area contributed by atoms with Crippen molar-refractivity contribution in [1.29, 1.82) is 0 Å². The lowest BCUT2D eigenvalue weighted by Crippen LogP contribution is -2.25. The van der Waals surface area contributed by atoms with Crippen LogP contribution in [0.15, 0.2) is 59.7 Å². The first-order valence-electron chi connectivity index (χ1n) is 8.54. The number of carbonyl (C=O) groups excluding carboxylic acids is 1. The van der Waals surface area contributed by atoms with Gasteiger partial charge in [0.2, 0.25) is 0 Å². The molecular formula is C20H19N3O2S. The Labute approximate surface area is 156 Å². The standard InChI is InChI=1S/C20H19N3O2S/c1-2-21-20-22-11-15(19(26-20)13-6-4-3-5-7-13)14-8-9-17-16(10-14)23-18(24)12-25-17/h3-11,19H,2,12H2,1H3,(H,21,22)(H,23,24). The molecule has 6 heteroatoms. The van der Waals surface area contributed by atoms with Crippen molar-refractivity contribution in [3.63, 3.8) is 0 Å². The molecule has 0 spiro atoms. The highest BCUT2D eigenvalue weighted by Crippen LogP contribution is 2.44. The Bertz CT molecular complexity index is 893. The number of nitrogens with one attached hydrogen (secondary N) is 2. The lowest BCUT2D eigenvalue weighted by atomic mass is 9.97. The molecule has 132 valence electrons. The number of anilines is 1. The van der Waals surface area contributed by atoms with Crippen LogP contribution in [0.2, 0.25) is 0 Å². The minimum Gasteiger partial charge on any atom is -0.482 e. The topological polar surface area (TPSA) is 62.7 Å². The van der Waals surface area contributed by atoms with Crippen molar-refractivity contribution in [2.75, 3.05) is 18.5 Å². The molecule has 2 aliphatic heterocycles. The van der Waals surface area contributed by atoms with Crippen molar-refractivity contribution in [2.24, 2.45) is 4.99 Å². The average molecular weight is 365 g/mol. The molecule has 0 bridgehead atoms. The Morgan fingerprint density at radius 2 is 2.08 bits per heavy atom. The Hall–Kier alpha value is -2.73. The minimum absolute atomic E-state index is 0.0654. The van der Waals surface area contributed by atoms with Crippen LogP contribution in [-0.2, 0) is 4.79 Å². The van der Waals surface area contributed by atoms with E-state index in [2.05, 4.69) is 27.8 Å².